The minimum Gasteiger partial charge on any atom is -0.313 e. The molecule has 2 atom stereocenters. The van der Waals surface area contributed by atoms with Gasteiger partial charge < -0.3 is 10.2 Å². The Morgan fingerprint density at radius 2 is 1.93 bits per heavy atom. The van der Waals surface area contributed by atoms with Crippen LogP contribution in [0, 0.1) is 0 Å². The Bertz CT molecular complexity index is 187. The molecule has 3 heteroatoms. The zero-order valence-electron chi connectivity index (χ0n) is 10.2. The van der Waals surface area contributed by atoms with Gasteiger partial charge in [-0.05, 0) is 46.3 Å². The van der Waals surface area contributed by atoms with E-state index in [1.54, 1.807) is 0 Å². The van der Waals surface area contributed by atoms with E-state index >= 15 is 0 Å². The second-order valence-corrected chi connectivity index (χ2v) is 5.23. The smallest absolute Gasteiger partial charge is 0.0221 e. The molecule has 2 fully saturated rings. The number of nitrogens with zero attached hydrogens (tertiary/aromatic N) is 2. The van der Waals surface area contributed by atoms with Gasteiger partial charge in [0.2, 0.25) is 0 Å². The summed E-state index contributed by atoms with van der Waals surface area (Å²) in [6, 6.07) is 1.53. The molecular formula is C12H25N3. The van der Waals surface area contributed by atoms with E-state index in [2.05, 4.69) is 29.1 Å². The fourth-order valence-electron chi connectivity index (χ4n) is 2.73. The van der Waals surface area contributed by atoms with Crippen LogP contribution < -0.4 is 5.32 Å². The number of hydrogen-bond donors (Lipinski definition) is 1. The molecule has 2 heterocycles. The van der Waals surface area contributed by atoms with Crippen LogP contribution in [0.1, 0.15) is 26.2 Å². The maximum atomic E-state index is 3.61. The van der Waals surface area contributed by atoms with E-state index in [1.807, 2.05) is 0 Å². The zero-order chi connectivity index (χ0) is 10.7. The Balaban J connectivity index is 1.82. The largest absolute Gasteiger partial charge is 0.313 e. The molecule has 2 unspecified atom stereocenters. The van der Waals surface area contributed by atoms with Crippen molar-refractivity contribution in [3.8, 4) is 0 Å². The van der Waals surface area contributed by atoms with E-state index in [9.17, 15) is 0 Å². The lowest BCUT2D eigenvalue weighted by Gasteiger charge is -2.36. The summed E-state index contributed by atoms with van der Waals surface area (Å²) in [5, 5.41) is 3.61. The molecule has 0 aliphatic carbocycles. The maximum absolute atomic E-state index is 3.61. The van der Waals surface area contributed by atoms with Gasteiger partial charge in [-0.3, -0.25) is 4.90 Å². The number of piperidine rings is 1. The lowest BCUT2D eigenvalue weighted by atomic mass is 10.0. The topological polar surface area (TPSA) is 18.5 Å². The molecule has 88 valence electrons. The van der Waals surface area contributed by atoms with Crippen molar-refractivity contribution in [3.63, 3.8) is 0 Å². The number of likely N-dealkylation sites (N-methyl/N-ethyl adjacent to an activating group) is 1. The first-order valence-electron chi connectivity index (χ1n) is 6.41. The quantitative estimate of drug-likeness (QED) is 0.691. The highest BCUT2D eigenvalue weighted by Crippen LogP contribution is 2.15. The molecule has 2 aliphatic heterocycles. The van der Waals surface area contributed by atoms with Crippen LogP contribution in [-0.2, 0) is 0 Å². The molecule has 0 bridgehead atoms. The third kappa shape index (κ3) is 3.16. The summed E-state index contributed by atoms with van der Waals surface area (Å²) in [6.45, 7) is 8.57. The van der Waals surface area contributed by atoms with Crippen molar-refractivity contribution >= 4 is 0 Å². The lowest BCUT2D eigenvalue weighted by molar-refractivity contribution is 0.159. The Morgan fingerprint density at radius 3 is 2.67 bits per heavy atom. The zero-order valence-corrected chi connectivity index (χ0v) is 10.2. The second-order valence-electron chi connectivity index (χ2n) is 5.23. The Hall–Kier alpha value is -0.120. The molecule has 0 aromatic rings. The molecule has 0 saturated carbocycles. The first-order valence-corrected chi connectivity index (χ1v) is 6.41. The van der Waals surface area contributed by atoms with Gasteiger partial charge in [0.05, 0.1) is 0 Å². The fourth-order valence-corrected chi connectivity index (χ4v) is 2.73. The van der Waals surface area contributed by atoms with Crippen LogP contribution >= 0.6 is 0 Å². The highest BCUT2D eigenvalue weighted by atomic mass is 15.2. The first-order chi connectivity index (χ1) is 7.25. The van der Waals surface area contributed by atoms with Crippen LogP contribution in [0.25, 0.3) is 0 Å². The van der Waals surface area contributed by atoms with E-state index in [1.165, 1.54) is 52.0 Å². The summed E-state index contributed by atoms with van der Waals surface area (Å²) in [4.78, 5) is 5.15. The standard InChI is InChI=1S/C12H25N3/c1-11-4-5-12(10-13-11)15-7-3-6-14(2)8-9-15/h11-13H,3-10H2,1-2H3. The van der Waals surface area contributed by atoms with Crippen LogP contribution in [0.5, 0.6) is 0 Å². The van der Waals surface area contributed by atoms with Gasteiger partial charge in [0.15, 0.2) is 0 Å². The third-order valence-electron chi connectivity index (χ3n) is 3.91. The second kappa shape index (κ2) is 5.28. The van der Waals surface area contributed by atoms with Crippen LogP contribution in [0.2, 0.25) is 0 Å². The molecule has 3 nitrogen and oxygen atoms in total. The first kappa shape index (κ1) is 11.4. The molecule has 2 aliphatic rings. The van der Waals surface area contributed by atoms with Gasteiger partial charge in [0.25, 0.3) is 0 Å². The SMILES string of the molecule is CC1CCC(N2CCCN(C)CC2)CN1. The summed E-state index contributed by atoms with van der Waals surface area (Å²) in [6.07, 6.45) is 4.07. The predicted octanol–water partition coefficient (Wildman–Crippen LogP) is 0.764. The monoisotopic (exact) mass is 211 g/mol. The Labute approximate surface area is 93.8 Å². The average Bonchev–Trinajstić information content (AvgIpc) is 2.44. The van der Waals surface area contributed by atoms with E-state index in [-0.39, 0.29) is 0 Å². The predicted molar refractivity (Wildman–Crippen MR) is 64.2 cm³/mol. The van der Waals surface area contributed by atoms with Gasteiger partial charge in [0, 0.05) is 31.7 Å². The van der Waals surface area contributed by atoms with Gasteiger partial charge in [-0.15, -0.1) is 0 Å². The molecule has 0 amide bonds. The lowest BCUT2D eigenvalue weighted by Crippen LogP contribution is -2.49. The fraction of sp³-hybridized carbons (Fsp3) is 1.00. The summed E-state index contributed by atoms with van der Waals surface area (Å²) in [5.41, 5.74) is 0. The van der Waals surface area contributed by atoms with Crippen molar-refractivity contribution < 1.29 is 0 Å². The van der Waals surface area contributed by atoms with Crippen molar-refractivity contribution in [2.45, 2.75) is 38.3 Å². The van der Waals surface area contributed by atoms with Crippen molar-refractivity contribution in [1.82, 2.24) is 15.1 Å². The molecule has 2 rings (SSSR count). The molecule has 0 aromatic carbocycles. The molecule has 0 spiro atoms. The summed E-state index contributed by atoms with van der Waals surface area (Å²) in [7, 11) is 2.24. The third-order valence-corrected chi connectivity index (χ3v) is 3.91. The van der Waals surface area contributed by atoms with E-state index in [0.29, 0.717) is 0 Å². The van der Waals surface area contributed by atoms with Gasteiger partial charge in [-0.25, -0.2) is 0 Å². The normalized spacial score (nSPS) is 36.4. The van der Waals surface area contributed by atoms with Gasteiger partial charge in [-0.2, -0.15) is 0 Å². The van der Waals surface area contributed by atoms with E-state index < -0.39 is 0 Å². The minimum atomic E-state index is 0.732. The molecule has 15 heavy (non-hydrogen) atoms. The average molecular weight is 211 g/mol. The molecule has 0 aromatic heterocycles. The molecular weight excluding hydrogens is 186 g/mol. The Kier molecular flexibility index (Phi) is 4.00. The van der Waals surface area contributed by atoms with Crippen LogP contribution in [-0.4, -0.2) is 61.7 Å². The van der Waals surface area contributed by atoms with Gasteiger partial charge >= 0.3 is 0 Å². The maximum Gasteiger partial charge on any atom is 0.0221 e. The Morgan fingerprint density at radius 1 is 1.07 bits per heavy atom. The summed E-state index contributed by atoms with van der Waals surface area (Å²) < 4.78 is 0. The van der Waals surface area contributed by atoms with Crippen molar-refractivity contribution in [2.75, 3.05) is 39.8 Å². The van der Waals surface area contributed by atoms with E-state index in [4.69, 9.17) is 0 Å². The summed E-state index contributed by atoms with van der Waals surface area (Å²) in [5.74, 6) is 0. The van der Waals surface area contributed by atoms with E-state index in [0.717, 1.165) is 12.1 Å². The molecule has 1 N–H and O–H groups in total. The van der Waals surface area contributed by atoms with Crippen molar-refractivity contribution in [1.29, 1.82) is 0 Å². The van der Waals surface area contributed by atoms with Crippen molar-refractivity contribution in [2.24, 2.45) is 0 Å². The van der Waals surface area contributed by atoms with Crippen LogP contribution in [0.3, 0.4) is 0 Å². The van der Waals surface area contributed by atoms with Crippen LogP contribution in [0.15, 0.2) is 0 Å². The van der Waals surface area contributed by atoms with Crippen LogP contribution in [0.4, 0.5) is 0 Å². The number of rotatable bonds is 1. The highest BCUT2D eigenvalue weighted by Gasteiger charge is 2.24. The molecule has 2 saturated heterocycles. The van der Waals surface area contributed by atoms with Gasteiger partial charge in [0.1, 0.15) is 0 Å². The number of hydrogen-bond acceptors (Lipinski definition) is 3. The molecule has 0 radical (unpaired) electrons. The summed E-state index contributed by atoms with van der Waals surface area (Å²) >= 11 is 0. The van der Waals surface area contributed by atoms with Crippen molar-refractivity contribution in [3.05, 3.63) is 0 Å². The minimum absolute atomic E-state index is 0.732. The number of nitrogens with one attached hydrogen (secondary N) is 1. The highest BCUT2D eigenvalue weighted by molar-refractivity contribution is 4.83. The van der Waals surface area contributed by atoms with Gasteiger partial charge in [-0.1, -0.05) is 0 Å².